The number of nitro groups is 1. The lowest BCUT2D eigenvalue weighted by Crippen LogP contribution is -2.51. The minimum absolute atomic E-state index is 0.0559. The van der Waals surface area contributed by atoms with Gasteiger partial charge in [-0.3, -0.25) is 14.9 Å². The van der Waals surface area contributed by atoms with Crippen LogP contribution < -0.4 is 10.6 Å². The molecule has 0 bridgehead atoms. The van der Waals surface area contributed by atoms with Crippen molar-refractivity contribution in [2.24, 2.45) is 0 Å². The summed E-state index contributed by atoms with van der Waals surface area (Å²) in [5, 5.41) is 16.6. The third-order valence-corrected chi connectivity index (χ3v) is 3.53. The third-order valence-electron chi connectivity index (χ3n) is 3.53. The molecule has 1 aromatic carbocycles. The predicted octanol–water partition coefficient (Wildman–Crippen LogP) is 1.30. The first kappa shape index (κ1) is 14.4. The summed E-state index contributed by atoms with van der Waals surface area (Å²) in [6, 6.07) is 5.87. The topological polar surface area (TPSA) is 93.5 Å². The molecule has 0 unspecified atom stereocenters. The van der Waals surface area contributed by atoms with Gasteiger partial charge < -0.3 is 15.4 Å². The minimum Gasteiger partial charge on any atom is -0.368 e. The molecule has 2 rings (SSSR count). The van der Waals surface area contributed by atoms with Crippen molar-refractivity contribution in [1.29, 1.82) is 0 Å². The van der Waals surface area contributed by atoms with Crippen molar-refractivity contribution in [2.45, 2.75) is 18.4 Å². The highest BCUT2D eigenvalue weighted by Gasteiger charge is 2.39. The van der Waals surface area contributed by atoms with Gasteiger partial charge in [-0.25, -0.2) is 0 Å². The smallest absolute Gasteiger partial charge is 0.271 e. The van der Waals surface area contributed by atoms with E-state index in [0.717, 1.165) is 0 Å². The molecule has 2 N–H and O–H groups in total. The number of nitrogens with one attached hydrogen (secondary N) is 2. The average molecular weight is 279 g/mol. The van der Waals surface area contributed by atoms with Crippen molar-refractivity contribution in [3.63, 3.8) is 0 Å². The highest BCUT2D eigenvalue weighted by Crippen LogP contribution is 2.25. The first-order valence-corrected chi connectivity index (χ1v) is 6.39. The van der Waals surface area contributed by atoms with Gasteiger partial charge in [-0.05, 0) is 32.0 Å². The van der Waals surface area contributed by atoms with Gasteiger partial charge in [0.25, 0.3) is 11.6 Å². The molecule has 7 heteroatoms. The molecule has 1 aliphatic rings. The van der Waals surface area contributed by atoms with Crippen LogP contribution in [-0.2, 0) is 9.53 Å². The second kappa shape index (κ2) is 5.98. The van der Waals surface area contributed by atoms with Crippen LogP contribution in [-0.4, -0.2) is 36.6 Å². The number of amides is 1. The van der Waals surface area contributed by atoms with Crippen LogP contribution in [0.5, 0.6) is 0 Å². The number of carbonyl (C=O) groups excluding carboxylic acids is 1. The summed E-state index contributed by atoms with van der Waals surface area (Å²) in [6.45, 7) is 1.41. The van der Waals surface area contributed by atoms with Gasteiger partial charge in [0.05, 0.1) is 4.92 Å². The zero-order valence-electron chi connectivity index (χ0n) is 11.2. The number of hydrogen-bond acceptors (Lipinski definition) is 5. The molecule has 20 heavy (non-hydrogen) atoms. The van der Waals surface area contributed by atoms with E-state index in [0.29, 0.717) is 31.6 Å². The van der Waals surface area contributed by atoms with E-state index in [1.165, 1.54) is 25.3 Å². The molecule has 0 atom stereocenters. The zero-order chi connectivity index (χ0) is 14.6. The monoisotopic (exact) mass is 279 g/mol. The summed E-state index contributed by atoms with van der Waals surface area (Å²) in [5.74, 6) is -0.262. The van der Waals surface area contributed by atoms with E-state index in [-0.39, 0.29) is 11.6 Å². The number of non-ortho nitro benzene ring substituents is 1. The van der Waals surface area contributed by atoms with Crippen LogP contribution in [0.1, 0.15) is 12.8 Å². The fraction of sp³-hybridized carbons (Fsp3) is 0.462. The number of benzene rings is 1. The highest BCUT2D eigenvalue weighted by molar-refractivity contribution is 5.97. The van der Waals surface area contributed by atoms with Gasteiger partial charge in [0.2, 0.25) is 0 Å². The van der Waals surface area contributed by atoms with E-state index in [1.807, 2.05) is 0 Å². The molecule has 0 radical (unpaired) electrons. The Hall–Kier alpha value is -1.99. The molecule has 1 aliphatic heterocycles. The fourth-order valence-electron chi connectivity index (χ4n) is 2.30. The van der Waals surface area contributed by atoms with Gasteiger partial charge in [0, 0.05) is 24.9 Å². The third kappa shape index (κ3) is 2.94. The van der Waals surface area contributed by atoms with Crippen molar-refractivity contribution in [1.82, 2.24) is 5.32 Å². The van der Waals surface area contributed by atoms with Crippen LogP contribution in [0, 0.1) is 10.1 Å². The van der Waals surface area contributed by atoms with Crippen LogP contribution in [0.4, 0.5) is 11.4 Å². The number of ether oxygens (including phenoxy) is 1. The maximum atomic E-state index is 12.4. The fourth-order valence-corrected chi connectivity index (χ4v) is 2.30. The van der Waals surface area contributed by atoms with E-state index in [2.05, 4.69) is 10.6 Å². The van der Waals surface area contributed by atoms with Crippen molar-refractivity contribution in [3.8, 4) is 0 Å². The number of nitro benzene ring substituents is 1. The quantitative estimate of drug-likeness (QED) is 0.640. The number of hydrogen-bond donors (Lipinski definition) is 2. The molecule has 1 aromatic rings. The Balaban J connectivity index is 2.14. The summed E-state index contributed by atoms with van der Waals surface area (Å²) >= 11 is 0. The zero-order valence-corrected chi connectivity index (χ0v) is 11.2. The molecule has 7 nitrogen and oxygen atoms in total. The number of rotatable bonds is 4. The lowest BCUT2D eigenvalue weighted by Gasteiger charge is -2.34. The first-order chi connectivity index (χ1) is 9.57. The van der Waals surface area contributed by atoms with Crippen LogP contribution in [0.2, 0.25) is 0 Å². The Kier molecular flexibility index (Phi) is 4.31. The average Bonchev–Trinajstić information content (AvgIpc) is 2.48. The molecule has 0 aliphatic carbocycles. The summed E-state index contributed by atoms with van der Waals surface area (Å²) in [6.07, 6.45) is 1.15. The van der Waals surface area contributed by atoms with Gasteiger partial charge in [0.1, 0.15) is 5.60 Å². The molecule has 108 valence electrons. The van der Waals surface area contributed by atoms with Crippen molar-refractivity contribution in [3.05, 3.63) is 34.4 Å². The minimum atomic E-state index is -0.865. The molecule has 1 saturated heterocycles. The molecular formula is C13H17N3O4. The Morgan fingerprint density at radius 2 is 2.15 bits per heavy atom. The number of anilines is 1. The van der Waals surface area contributed by atoms with E-state index in [4.69, 9.17) is 4.74 Å². The largest absolute Gasteiger partial charge is 0.368 e. The van der Waals surface area contributed by atoms with Crippen LogP contribution in [0.3, 0.4) is 0 Å². The second-order valence-electron chi connectivity index (χ2n) is 4.71. The normalized spacial score (nSPS) is 17.4. The van der Waals surface area contributed by atoms with E-state index >= 15 is 0 Å². The second-order valence-corrected chi connectivity index (χ2v) is 4.71. The van der Waals surface area contributed by atoms with Gasteiger partial charge in [-0.1, -0.05) is 6.07 Å². The Morgan fingerprint density at radius 1 is 1.45 bits per heavy atom. The predicted molar refractivity (Wildman–Crippen MR) is 73.6 cm³/mol. The Labute approximate surface area is 116 Å². The molecule has 0 aromatic heterocycles. The molecular weight excluding hydrogens is 262 g/mol. The molecule has 0 saturated carbocycles. The summed E-state index contributed by atoms with van der Waals surface area (Å²) in [7, 11) is 1.51. The van der Waals surface area contributed by atoms with Crippen LogP contribution in [0.15, 0.2) is 24.3 Å². The number of carbonyl (C=O) groups is 1. The number of nitrogens with zero attached hydrogens (tertiary/aromatic N) is 1. The summed E-state index contributed by atoms with van der Waals surface area (Å²) < 4.78 is 5.40. The van der Waals surface area contributed by atoms with Gasteiger partial charge >= 0.3 is 0 Å². The van der Waals surface area contributed by atoms with Crippen LogP contribution >= 0.6 is 0 Å². The van der Waals surface area contributed by atoms with Crippen LogP contribution in [0.25, 0.3) is 0 Å². The van der Waals surface area contributed by atoms with Gasteiger partial charge in [0.15, 0.2) is 0 Å². The van der Waals surface area contributed by atoms with Crippen molar-refractivity contribution >= 4 is 17.3 Å². The molecule has 1 heterocycles. The maximum Gasteiger partial charge on any atom is 0.271 e. The standard InChI is InChI=1S/C13H17N3O4/c1-20-13(5-7-14-8-6-13)12(17)15-10-3-2-4-11(9-10)16(18)19/h2-4,9,14H,5-8H2,1H3,(H,15,17). The van der Waals surface area contributed by atoms with E-state index in [1.54, 1.807) is 6.07 Å². The van der Waals surface area contributed by atoms with E-state index < -0.39 is 10.5 Å². The van der Waals surface area contributed by atoms with Gasteiger partial charge in [-0.2, -0.15) is 0 Å². The first-order valence-electron chi connectivity index (χ1n) is 6.39. The Bertz CT molecular complexity index is 512. The summed E-state index contributed by atoms with van der Waals surface area (Å²) in [5.41, 5.74) is -0.519. The molecule has 0 spiro atoms. The molecule has 1 fully saturated rings. The van der Waals surface area contributed by atoms with Gasteiger partial charge in [-0.15, -0.1) is 0 Å². The lowest BCUT2D eigenvalue weighted by atomic mass is 9.91. The van der Waals surface area contributed by atoms with E-state index in [9.17, 15) is 14.9 Å². The number of methoxy groups -OCH3 is 1. The lowest BCUT2D eigenvalue weighted by molar-refractivity contribution is -0.384. The highest BCUT2D eigenvalue weighted by atomic mass is 16.6. The number of piperidine rings is 1. The summed E-state index contributed by atoms with van der Waals surface area (Å²) in [4.78, 5) is 22.6. The SMILES string of the molecule is COC1(C(=O)Nc2cccc([N+](=O)[O-])c2)CCNCC1. The maximum absolute atomic E-state index is 12.4. The van der Waals surface area contributed by atoms with Crippen molar-refractivity contribution < 1.29 is 14.5 Å². The van der Waals surface area contributed by atoms with Crippen molar-refractivity contribution in [2.75, 3.05) is 25.5 Å². The molecule has 1 amide bonds. The Morgan fingerprint density at radius 3 is 2.75 bits per heavy atom.